The summed E-state index contributed by atoms with van der Waals surface area (Å²) < 4.78 is 0. The molecular weight excluding hydrogens is 290 g/mol. The van der Waals surface area contributed by atoms with Gasteiger partial charge in [-0.3, -0.25) is 4.79 Å². The highest BCUT2D eigenvalue weighted by Crippen LogP contribution is 2.10. The van der Waals surface area contributed by atoms with Gasteiger partial charge in [0.05, 0.1) is 12.0 Å². The molecule has 0 atom stereocenters. The SMILES string of the molecule is CCc1ccc(CC(=O)N(C)Cc2ccc(C(=O)O)cc2)cc1. The van der Waals surface area contributed by atoms with Gasteiger partial charge in [0.25, 0.3) is 0 Å². The number of benzene rings is 2. The molecule has 0 radical (unpaired) electrons. The average molecular weight is 311 g/mol. The Balaban J connectivity index is 1.94. The fraction of sp³-hybridized carbons (Fsp3) is 0.263. The second-order valence-electron chi connectivity index (χ2n) is 5.60. The number of carbonyl (C=O) groups excluding carboxylic acids is 1. The predicted molar refractivity (Wildman–Crippen MR) is 89.4 cm³/mol. The largest absolute Gasteiger partial charge is 0.478 e. The van der Waals surface area contributed by atoms with Crippen LogP contribution in [0.2, 0.25) is 0 Å². The van der Waals surface area contributed by atoms with Crippen molar-refractivity contribution in [2.24, 2.45) is 0 Å². The summed E-state index contributed by atoms with van der Waals surface area (Å²) in [7, 11) is 1.76. The molecule has 0 aliphatic rings. The van der Waals surface area contributed by atoms with Crippen LogP contribution in [0.5, 0.6) is 0 Å². The maximum absolute atomic E-state index is 12.3. The number of hydrogen-bond donors (Lipinski definition) is 1. The van der Waals surface area contributed by atoms with Gasteiger partial charge in [-0.1, -0.05) is 43.3 Å². The Labute approximate surface area is 136 Å². The third-order valence-corrected chi connectivity index (χ3v) is 3.83. The van der Waals surface area contributed by atoms with Crippen LogP contribution < -0.4 is 0 Å². The van der Waals surface area contributed by atoms with Gasteiger partial charge >= 0.3 is 5.97 Å². The summed E-state index contributed by atoms with van der Waals surface area (Å²) in [6.45, 7) is 2.56. The normalized spacial score (nSPS) is 10.3. The molecule has 0 spiro atoms. The number of carboxylic acids is 1. The van der Waals surface area contributed by atoms with Gasteiger partial charge in [0.15, 0.2) is 0 Å². The van der Waals surface area contributed by atoms with Crippen LogP contribution in [-0.4, -0.2) is 28.9 Å². The van der Waals surface area contributed by atoms with Crippen LogP contribution in [0.1, 0.15) is 34.0 Å². The van der Waals surface area contributed by atoms with E-state index in [1.165, 1.54) is 5.56 Å². The number of amides is 1. The minimum atomic E-state index is -0.948. The Morgan fingerprint density at radius 1 is 0.913 bits per heavy atom. The number of carbonyl (C=O) groups is 2. The monoisotopic (exact) mass is 311 g/mol. The van der Waals surface area contributed by atoms with E-state index >= 15 is 0 Å². The summed E-state index contributed by atoms with van der Waals surface area (Å²) in [5, 5.41) is 8.88. The molecule has 0 fully saturated rings. The van der Waals surface area contributed by atoms with Gasteiger partial charge < -0.3 is 10.0 Å². The summed E-state index contributed by atoms with van der Waals surface area (Å²) in [6, 6.07) is 14.7. The Morgan fingerprint density at radius 3 is 1.96 bits per heavy atom. The van der Waals surface area contributed by atoms with E-state index in [1.54, 1.807) is 36.2 Å². The lowest BCUT2D eigenvalue weighted by molar-refractivity contribution is -0.129. The number of nitrogens with zero attached hydrogens (tertiary/aromatic N) is 1. The first-order valence-electron chi connectivity index (χ1n) is 7.63. The molecule has 2 aromatic rings. The molecule has 1 amide bonds. The Bertz CT molecular complexity index is 675. The van der Waals surface area contributed by atoms with E-state index in [0.717, 1.165) is 17.5 Å². The van der Waals surface area contributed by atoms with Gasteiger partial charge in [-0.15, -0.1) is 0 Å². The van der Waals surface area contributed by atoms with Crippen LogP contribution in [0.4, 0.5) is 0 Å². The molecule has 120 valence electrons. The van der Waals surface area contributed by atoms with E-state index in [4.69, 9.17) is 5.11 Å². The fourth-order valence-electron chi connectivity index (χ4n) is 2.32. The zero-order chi connectivity index (χ0) is 16.8. The first-order valence-corrected chi connectivity index (χ1v) is 7.63. The molecular formula is C19H21NO3. The first kappa shape index (κ1) is 16.7. The molecule has 4 heteroatoms. The molecule has 23 heavy (non-hydrogen) atoms. The first-order chi connectivity index (χ1) is 11.0. The summed E-state index contributed by atoms with van der Waals surface area (Å²) >= 11 is 0. The van der Waals surface area contributed by atoms with E-state index in [9.17, 15) is 9.59 Å². The second kappa shape index (κ2) is 7.58. The van der Waals surface area contributed by atoms with Gasteiger partial charge in [0, 0.05) is 13.6 Å². The Kier molecular flexibility index (Phi) is 5.52. The lowest BCUT2D eigenvalue weighted by atomic mass is 10.1. The average Bonchev–Trinajstić information content (AvgIpc) is 2.56. The topological polar surface area (TPSA) is 57.6 Å². The molecule has 1 N–H and O–H groups in total. The van der Waals surface area contributed by atoms with Crippen molar-refractivity contribution < 1.29 is 14.7 Å². The number of hydrogen-bond acceptors (Lipinski definition) is 2. The predicted octanol–water partition coefficient (Wildman–Crippen LogP) is 3.15. The van der Waals surface area contributed by atoms with E-state index in [0.29, 0.717) is 13.0 Å². The van der Waals surface area contributed by atoms with Crippen molar-refractivity contribution in [2.75, 3.05) is 7.05 Å². The van der Waals surface area contributed by atoms with Crippen molar-refractivity contribution in [3.05, 3.63) is 70.8 Å². The summed E-state index contributed by atoms with van der Waals surface area (Å²) in [5.74, 6) is -0.909. The van der Waals surface area contributed by atoms with Crippen LogP contribution in [-0.2, 0) is 24.2 Å². The minimum Gasteiger partial charge on any atom is -0.478 e. The molecule has 2 aromatic carbocycles. The fourth-order valence-corrected chi connectivity index (χ4v) is 2.32. The number of likely N-dealkylation sites (N-methyl/N-ethyl adjacent to an activating group) is 1. The van der Waals surface area contributed by atoms with Crippen molar-refractivity contribution in [3.63, 3.8) is 0 Å². The van der Waals surface area contributed by atoms with Gasteiger partial charge in [-0.2, -0.15) is 0 Å². The highest BCUT2D eigenvalue weighted by atomic mass is 16.4. The Hall–Kier alpha value is -2.62. The quantitative estimate of drug-likeness (QED) is 0.891. The van der Waals surface area contributed by atoms with E-state index < -0.39 is 5.97 Å². The van der Waals surface area contributed by atoms with Gasteiger partial charge in [-0.05, 0) is 35.2 Å². The van der Waals surface area contributed by atoms with Crippen LogP contribution in [0, 0.1) is 0 Å². The molecule has 0 saturated heterocycles. The molecule has 0 aromatic heterocycles. The van der Waals surface area contributed by atoms with Crippen molar-refractivity contribution >= 4 is 11.9 Å². The standard InChI is InChI=1S/C19H21NO3/c1-3-14-4-6-15(7-5-14)12-18(21)20(2)13-16-8-10-17(11-9-16)19(22)23/h4-11H,3,12-13H2,1-2H3,(H,22,23). The van der Waals surface area contributed by atoms with Gasteiger partial charge in [0.1, 0.15) is 0 Å². The molecule has 0 aliphatic carbocycles. The number of carboxylic acid groups (broad SMARTS) is 1. The highest BCUT2D eigenvalue weighted by molar-refractivity contribution is 5.87. The lowest BCUT2D eigenvalue weighted by Gasteiger charge is -2.17. The minimum absolute atomic E-state index is 0.0385. The molecule has 2 rings (SSSR count). The molecule has 4 nitrogen and oxygen atoms in total. The number of aryl methyl sites for hydroxylation is 1. The highest BCUT2D eigenvalue weighted by Gasteiger charge is 2.11. The van der Waals surface area contributed by atoms with Crippen molar-refractivity contribution in [1.82, 2.24) is 4.90 Å². The molecule has 0 unspecified atom stereocenters. The number of rotatable bonds is 6. The smallest absolute Gasteiger partial charge is 0.335 e. The van der Waals surface area contributed by atoms with E-state index in [1.807, 2.05) is 24.3 Å². The van der Waals surface area contributed by atoms with Crippen molar-refractivity contribution in [3.8, 4) is 0 Å². The summed E-state index contributed by atoms with van der Waals surface area (Å²) in [6.07, 6.45) is 1.36. The second-order valence-corrected chi connectivity index (χ2v) is 5.60. The molecule has 0 aliphatic heterocycles. The zero-order valence-electron chi connectivity index (χ0n) is 13.5. The summed E-state index contributed by atoms with van der Waals surface area (Å²) in [4.78, 5) is 24.8. The third-order valence-electron chi connectivity index (χ3n) is 3.83. The number of aromatic carboxylic acids is 1. The van der Waals surface area contributed by atoms with Gasteiger partial charge in [-0.25, -0.2) is 4.79 Å². The molecule has 0 heterocycles. The van der Waals surface area contributed by atoms with Gasteiger partial charge in [0.2, 0.25) is 5.91 Å². The van der Waals surface area contributed by atoms with Crippen LogP contribution in [0.25, 0.3) is 0 Å². The van der Waals surface area contributed by atoms with Crippen molar-refractivity contribution in [2.45, 2.75) is 26.3 Å². The summed E-state index contributed by atoms with van der Waals surface area (Å²) in [5.41, 5.74) is 3.42. The van der Waals surface area contributed by atoms with Crippen LogP contribution >= 0.6 is 0 Å². The van der Waals surface area contributed by atoms with Crippen LogP contribution in [0.15, 0.2) is 48.5 Å². The zero-order valence-corrected chi connectivity index (χ0v) is 13.5. The maximum Gasteiger partial charge on any atom is 0.335 e. The third kappa shape index (κ3) is 4.68. The van der Waals surface area contributed by atoms with Crippen molar-refractivity contribution in [1.29, 1.82) is 0 Å². The van der Waals surface area contributed by atoms with E-state index in [2.05, 4.69) is 6.92 Å². The molecule has 0 saturated carbocycles. The van der Waals surface area contributed by atoms with E-state index in [-0.39, 0.29) is 11.5 Å². The molecule has 0 bridgehead atoms. The van der Waals surface area contributed by atoms with Crippen LogP contribution in [0.3, 0.4) is 0 Å². The maximum atomic E-state index is 12.3. The lowest BCUT2D eigenvalue weighted by Crippen LogP contribution is -2.27. The Morgan fingerprint density at radius 2 is 1.43 bits per heavy atom.